The van der Waals surface area contributed by atoms with Gasteiger partial charge in [0.1, 0.15) is 0 Å². The van der Waals surface area contributed by atoms with Gasteiger partial charge >= 0.3 is 0 Å². The molecule has 0 amide bonds. The predicted octanol–water partition coefficient (Wildman–Crippen LogP) is 1.96. The maximum absolute atomic E-state index is 8.57. The van der Waals surface area contributed by atoms with Gasteiger partial charge in [0.15, 0.2) is 0 Å². The third-order valence-corrected chi connectivity index (χ3v) is 1.90. The molecule has 15 heavy (non-hydrogen) atoms. The maximum atomic E-state index is 8.57. The molecule has 80 valence electrons. The maximum Gasteiger partial charge on any atom is 0.0716 e. The van der Waals surface area contributed by atoms with Gasteiger partial charge in [0.05, 0.1) is 13.2 Å². The van der Waals surface area contributed by atoms with Crippen molar-refractivity contribution in [2.75, 3.05) is 13.2 Å². The van der Waals surface area contributed by atoms with E-state index in [-0.39, 0.29) is 6.61 Å². The smallest absolute Gasteiger partial charge is 0.0716 e. The first-order valence-electron chi connectivity index (χ1n) is 5.13. The molecular formula is C13H16O2. The monoisotopic (exact) mass is 204 g/mol. The second-order valence-electron chi connectivity index (χ2n) is 3.11. The van der Waals surface area contributed by atoms with Crippen molar-refractivity contribution in [2.45, 2.75) is 20.0 Å². The Morgan fingerprint density at radius 2 is 2.00 bits per heavy atom. The number of aliphatic hydroxyl groups is 1. The van der Waals surface area contributed by atoms with Crippen LogP contribution in [-0.2, 0) is 11.3 Å². The van der Waals surface area contributed by atoms with Crippen LogP contribution in [0.4, 0.5) is 0 Å². The van der Waals surface area contributed by atoms with E-state index in [0.29, 0.717) is 13.0 Å². The molecule has 0 aromatic heterocycles. The Balaban J connectivity index is 2.53. The highest BCUT2D eigenvalue weighted by Gasteiger charge is 1.91. The number of ether oxygens (including phenoxy) is 1. The van der Waals surface area contributed by atoms with E-state index in [1.807, 2.05) is 31.2 Å². The number of hydrogen-bond donors (Lipinski definition) is 1. The molecule has 1 rings (SSSR count). The van der Waals surface area contributed by atoms with Crippen molar-refractivity contribution in [3.8, 4) is 11.8 Å². The Morgan fingerprint density at radius 1 is 1.27 bits per heavy atom. The molecule has 0 fully saturated rings. The fourth-order valence-corrected chi connectivity index (χ4v) is 1.12. The summed E-state index contributed by atoms with van der Waals surface area (Å²) in [4.78, 5) is 0. The minimum atomic E-state index is 0.120. The largest absolute Gasteiger partial charge is 0.395 e. The van der Waals surface area contributed by atoms with Crippen molar-refractivity contribution in [1.29, 1.82) is 0 Å². The van der Waals surface area contributed by atoms with E-state index < -0.39 is 0 Å². The summed E-state index contributed by atoms with van der Waals surface area (Å²) >= 11 is 0. The molecule has 0 saturated heterocycles. The molecule has 0 aliphatic rings. The van der Waals surface area contributed by atoms with Crippen molar-refractivity contribution in [3.05, 3.63) is 35.4 Å². The van der Waals surface area contributed by atoms with Crippen LogP contribution in [0.15, 0.2) is 24.3 Å². The van der Waals surface area contributed by atoms with Crippen LogP contribution in [0, 0.1) is 11.8 Å². The summed E-state index contributed by atoms with van der Waals surface area (Å²) in [6.07, 6.45) is 0.528. The van der Waals surface area contributed by atoms with Gasteiger partial charge in [0.2, 0.25) is 0 Å². The summed E-state index contributed by atoms with van der Waals surface area (Å²) < 4.78 is 5.29. The summed E-state index contributed by atoms with van der Waals surface area (Å²) in [5, 5.41) is 8.57. The molecule has 1 N–H and O–H groups in total. The lowest BCUT2D eigenvalue weighted by molar-refractivity contribution is 0.134. The first-order chi connectivity index (χ1) is 7.36. The van der Waals surface area contributed by atoms with Gasteiger partial charge in [-0.1, -0.05) is 24.0 Å². The zero-order valence-electron chi connectivity index (χ0n) is 8.99. The van der Waals surface area contributed by atoms with Gasteiger partial charge in [-0.2, -0.15) is 0 Å². The minimum absolute atomic E-state index is 0.120. The summed E-state index contributed by atoms with van der Waals surface area (Å²) in [7, 11) is 0. The third kappa shape index (κ3) is 4.64. The number of benzene rings is 1. The highest BCUT2D eigenvalue weighted by molar-refractivity contribution is 5.35. The van der Waals surface area contributed by atoms with Crippen LogP contribution in [0.25, 0.3) is 0 Å². The van der Waals surface area contributed by atoms with Gasteiger partial charge in [-0.05, 0) is 24.6 Å². The molecule has 0 radical (unpaired) electrons. The van der Waals surface area contributed by atoms with E-state index in [4.69, 9.17) is 9.84 Å². The van der Waals surface area contributed by atoms with E-state index >= 15 is 0 Å². The van der Waals surface area contributed by atoms with E-state index in [0.717, 1.165) is 17.7 Å². The molecule has 0 aliphatic heterocycles. The summed E-state index contributed by atoms with van der Waals surface area (Å²) in [5.74, 6) is 5.86. The summed E-state index contributed by atoms with van der Waals surface area (Å²) in [5.41, 5.74) is 2.13. The lowest BCUT2D eigenvalue weighted by Crippen LogP contribution is -1.91. The third-order valence-electron chi connectivity index (χ3n) is 1.90. The molecule has 2 heteroatoms. The highest BCUT2D eigenvalue weighted by Crippen LogP contribution is 2.04. The second-order valence-corrected chi connectivity index (χ2v) is 3.11. The standard InChI is InChI=1S/C13H16O2/c1-2-15-11-13-8-6-12(7-9-13)5-3-4-10-14/h6-9,14H,2,4,10-11H2,1H3. The summed E-state index contributed by atoms with van der Waals surface area (Å²) in [6, 6.07) is 7.97. The predicted molar refractivity (Wildman–Crippen MR) is 60.4 cm³/mol. The van der Waals surface area contributed by atoms with Crippen LogP contribution in [0.1, 0.15) is 24.5 Å². The molecule has 0 heterocycles. The van der Waals surface area contributed by atoms with Crippen LogP contribution in [0.3, 0.4) is 0 Å². The van der Waals surface area contributed by atoms with Crippen LogP contribution < -0.4 is 0 Å². The Kier molecular flexibility index (Phi) is 5.54. The van der Waals surface area contributed by atoms with Crippen molar-refractivity contribution in [1.82, 2.24) is 0 Å². The normalized spacial score (nSPS) is 9.47. The minimum Gasteiger partial charge on any atom is -0.395 e. The zero-order chi connectivity index (χ0) is 10.9. The molecule has 0 spiro atoms. The molecular weight excluding hydrogens is 188 g/mol. The lowest BCUT2D eigenvalue weighted by Gasteiger charge is -2.00. The van der Waals surface area contributed by atoms with Gasteiger partial charge in [-0.25, -0.2) is 0 Å². The first-order valence-corrected chi connectivity index (χ1v) is 5.13. The highest BCUT2D eigenvalue weighted by atomic mass is 16.5. The first kappa shape index (κ1) is 11.8. The molecule has 1 aromatic rings. The molecule has 0 bridgehead atoms. The van der Waals surface area contributed by atoms with Crippen molar-refractivity contribution >= 4 is 0 Å². The Labute approximate surface area is 90.9 Å². The topological polar surface area (TPSA) is 29.5 Å². The average Bonchev–Trinajstić information content (AvgIpc) is 2.28. The van der Waals surface area contributed by atoms with E-state index in [2.05, 4.69) is 11.8 Å². The van der Waals surface area contributed by atoms with Crippen LogP contribution in [0.2, 0.25) is 0 Å². The molecule has 2 nitrogen and oxygen atoms in total. The fraction of sp³-hybridized carbons (Fsp3) is 0.385. The Hall–Kier alpha value is -1.30. The number of aliphatic hydroxyl groups excluding tert-OH is 1. The van der Waals surface area contributed by atoms with Crippen molar-refractivity contribution < 1.29 is 9.84 Å². The van der Waals surface area contributed by atoms with Crippen molar-refractivity contribution in [2.24, 2.45) is 0 Å². The van der Waals surface area contributed by atoms with Crippen LogP contribution >= 0.6 is 0 Å². The zero-order valence-corrected chi connectivity index (χ0v) is 8.99. The Morgan fingerprint density at radius 3 is 2.60 bits per heavy atom. The second kappa shape index (κ2) is 7.05. The van der Waals surface area contributed by atoms with E-state index in [9.17, 15) is 0 Å². The van der Waals surface area contributed by atoms with Gasteiger partial charge in [-0.3, -0.25) is 0 Å². The Bertz CT molecular complexity index is 330. The molecule has 0 aliphatic carbocycles. The summed E-state index contributed by atoms with van der Waals surface area (Å²) in [6.45, 7) is 3.49. The number of rotatable bonds is 4. The molecule has 1 aromatic carbocycles. The van der Waals surface area contributed by atoms with Gasteiger partial charge in [-0.15, -0.1) is 0 Å². The SMILES string of the molecule is CCOCc1ccc(C#CCCO)cc1. The quantitative estimate of drug-likeness (QED) is 0.760. The number of hydrogen-bond acceptors (Lipinski definition) is 2. The van der Waals surface area contributed by atoms with Crippen molar-refractivity contribution in [3.63, 3.8) is 0 Å². The lowest BCUT2D eigenvalue weighted by atomic mass is 10.1. The van der Waals surface area contributed by atoms with Gasteiger partial charge in [0.25, 0.3) is 0 Å². The molecule has 0 saturated carbocycles. The van der Waals surface area contributed by atoms with Crippen LogP contribution in [0.5, 0.6) is 0 Å². The van der Waals surface area contributed by atoms with Crippen LogP contribution in [-0.4, -0.2) is 18.3 Å². The fourth-order valence-electron chi connectivity index (χ4n) is 1.12. The molecule has 0 atom stereocenters. The van der Waals surface area contributed by atoms with E-state index in [1.165, 1.54) is 0 Å². The van der Waals surface area contributed by atoms with Gasteiger partial charge < -0.3 is 9.84 Å². The average molecular weight is 204 g/mol. The van der Waals surface area contributed by atoms with E-state index in [1.54, 1.807) is 0 Å². The van der Waals surface area contributed by atoms with Gasteiger partial charge in [0, 0.05) is 18.6 Å². The molecule has 0 unspecified atom stereocenters.